The van der Waals surface area contributed by atoms with E-state index in [4.69, 9.17) is 0 Å². The second-order valence-corrected chi connectivity index (χ2v) is 9.73. The maximum atomic E-state index is 14.6. The molecule has 4 nitrogen and oxygen atoms in total. The van der Waals surface area contributed by atoms with Gasteiger partial charge in [0.05, 0.1) is 22.4 Å². The monoisotopic (exact) mass is 533 g/mol. The average molecular weight is 534 g/mol. The number of aromatic nitrogens is 2. The van der Waals surface area contributed by atoms with Crippen molar-refractivity contribution in [3.8, 4) is 11.4 Å². The first-order valence-electron chi connectivity index (χ1n) is 11.8. The predicted octanol–water partition coefficient (Wildman–Crippen LogP) is 7.66. The largest absolute Gasteiger partial charge is 0.417 e. The van der Waals surface area contributed by atoms with Gasteiger partial charge in [0.1, 0.15) is 11.6 Å². The van der Waals surface area contributed by atoms with Gasteiger partial charge in [0, 0.05) is 29.1 Å². The summed E-state index contributed by atoms with van der Waals surface area (Å²) in [6.45, 7) is 8.34. The highest BCUT2D eigenvalue weighted by Crippen LogP contribution is 2.40. The first-order valence-corrected chi connectivity index (χ1v) is 12.7. The quantitative estimate of drug-likeness (QED) is 0.231. The Bertz CT molecular complexity index is 1350. The van der Waals surface area contributed by atoms with Crippen molar-refractivity contribution in [2.45, 2.75) is 43.1 Å². The van der Waals surface area contributed by atoms with Gasteiger partial charge in [0.2, 0.25) is 0 Å². The van der Waals surface area contributed by atoms with E-state index in [0.717, 1.165) is 24.6 Å². The SMILES string of the molecule is C=C(Nc1nc(-c2ccccc2C(F)(F)F)[nH+]c2c1C=CC(CC)S2)c1cc(F)cc(F)c1NCCC. The second kappa shape index (κ2) is 10.9. The molecule has 0 aliphatic carbocycles. The molecule has 0 saturated carbocycles. The Morgan fingerprint density at radius 1 is 1.16 bits per heavy atom. The molecule has 194 valence electrons. The highest BCUT2D eigenvalue weighted by atomic mass is 32.2. The van der Waals surface area contributed by atoms with Crippen LogP contribution in [0.25, 0.3) is 23.2 Å². The first kappa shape index (κ1) is 26.7. The van der Waals surface area contributed by atoms with Gasteiger partial charge in [-0.05, 0) is 42.1 Å². The summed E-state index contributed by atoms with van der Waals surface area (Å²) in [5.74, 6) is -1.33. The summed E-state index contributed by atoms with van der Waals surface area (Å²) in [6.07, 6.45) is 0.756. The zero-order valence-corrected chi connectivity index (χ0v) is 21.1. The zero-order valence-electron chi connectivity index (χ0n) is 20.3. The fourth-order valence-electron chi connectivity index (χ4n) is 3.95. The minimum absolute atomic E-state index is 0.00869. The molecule has 37 heavy (non-hydrogen) atoms. The van der Waals surface area contributed by atoms with Gasteiger partial charge >= 0.3 is 12.0 Å². The van der Waals surface area contributed by atoms with Crippen LogP contribution in [0, 0.1) is 11.6 Å². The van der Waals surface area contributed by atoms with Crippen LogP contribution >= 0.6 is 11.8 Å². The van der Waals surface area contributed by atoms with E-state index in [1.54, 1.807) is 0 Å². The predicted molar refractivity (Wildman–Crippen MR) is 138 cm³/mol. The molecule has 0 fully saturated rings. The molecule has 0 bridgehead atoms. The number of rotatable bonds is 8. The Labute approximate surface area is 216 Å². The van der Waals surface area contributed by atoms with Crippen LogP contribution in [0.5, 0.6) is 0 Å². The van der Waals surface area contributed by atoms with E-state index in [1.807, 2.05) is 26.0 Å². The van der Waals surface area contributed by atoms with Gasteiger partial charge in [0.25, 0.3) is 5.82 Å². The van der Waals surface area contributed by atoms with Crippen LogP contribution in [0.4, 0.5) is 33.5 Å². The van der Waals surface area contributed by atoms with Crippen LogP contribution in [-0.2, 0) is 6.18 Å². The van der Waals surface area contributed by atoms with Gasteiger partial charge in [-0.3, -0.25) is 0 Å². The van der Waals surface area contributed by atoms with E-state index in [9.17, 15) is 22.0 Å². The lowest BCUT2D eigenvalue weighted by atomic mass is 10.1. The minimum atomic E-state index is -4.59. The van der Waals surface area contributed by atoms with Gasteiger partial charge in [-0.15, -0.1) is 0 Å². The number of nitrogens with one attached hydrogen (secondary N) is 3. The van der Waals surface area contributed by atoms with Crippen molar-refractivity contribution in [2.24, 2.45) is 0 Å². The Balaban J connectivity index is 1.83. The third-order valence-corrected chi connectivity index (χ3v) is 7.14. The molecule has 0 saturated heterocycles. The number of hydrogen-bond donors (Lipinski definition) is 2. The number of alkyl halides is 3. The number of fused-ring (bicyclic) bond motifs is 1. The van der Waals surface area contributed by atoms with Crippen LogP contribution in [0.1, 0.15) is 43.4 Å². The Hall–Kier alpha value is -3.40. The van der Waals surface area contributed by atoms with Crippen LogP contribution in [0.2, 0.25) is 0 Å². The van der Waals surface area contributed by atoms with Crippen LogP contribution in [-0.4, -0.2) is 16.8 Å². The summed E-state index contributed by atoms with van der Waals surface area (Å²) >= 11 is 1.47. The smallest absolute Gasteiger partial charge is 0.382 e. The number of H-pyrrole nitrogens is 1. The Morgan fingerprint density at radius 3 is 2.62 bits per heavy atom. The molecular weight excluding hydrogens is 507 g/mol. The summed E-state index contributed by atoms with van der Waals surface area (Å²) in [6, 6.07) is 7.11. The van der Waals surface area contributed by atoms with Gasteiger partial charge in [0.15, 0.2) is 5.03 Å². The molecule has 10 heteroatoms. The lowest BCUT2D eigenvalue weighted by Gasteiger charge is -2.19. The highest BCUT2D eigenvalue weighted by molar-refractivity contribution is 8.00. The molecule has 0 radical (unpaired) electrons. The molecule has 4 rings (SSSR count). The van der Waals surface area contributed by atoms with Crippen LogP contribution in [0.15, 0.2) is 54.1 Å². The average Bonchev–Trinajstić information content (AvgIpc) is 2.86. The lowest BCUT2D eigenvalue weighted by molar-refractivity contribution is -0.418. The zero-order chi connectivity index (χ0) is 26.7. The number of aromatic amines is 1. The maximum absolute atomic E-state index is 14.6. The fourth-order valence-corrected chi connectivity index (χ4v) is 5.03. The van der Waals surface area contributed by atoms with Crippen molar-refractivity contribution in [2.75, 3.05) is 17.2 Å². The molecule has 2 aromatic carbocycles. The Morgan fingerprint density at radius 2 is 1.92 bits per heavy atom. The van der Waals surface area contributed by atoms with Crippen molar-refractivity contribution < 1.29 is 26.9 Å². The Kier molecular flexibility index (Phi) is 7.87. The van der Waals surface area contributed by atoms with E-state index in [0.29, 0.717) is 23.6 Å². The molecule has 3 N–H and O–H groups in total. The van der Waals surface area contributed by atoms with E-state index in [2.05, 4.69) is 27.2 Å². The van der Waals surface area contributed by atoms with E-state index in [-0.39, 0.29) is 39.4 Å². The summed E-state index contributed by atoms with van der Waals surface area (Å²) in [4.78, 5) is 7.55. The molecule has 0 spiro atoms. The molecule has 3 aromatic rings. The maximum Gasteiger partial charge on any atom is 0.417 e. The van der Waals surface area contributed by atoms with Gasteiger partial charge < -0.3 is 10.6 Å². The van der Waals surface area contributed by atoms with E-state index < -0.39 is 23.4 Å². The normalized spacial score (nSPS) is 14.8. The minimum Gasteiger partial charge on any atom is -0.382 e. The van der Waals surface area contributed by atoms with Gasteiger partial charge in [-0.25, -0.2) is 13.8 Å². The van der Waals surface area contributed by atoms with Gasteiger partial charge in [-0.1, -0.05) is 50.4 Å². The molecule has 0 amide bonds. The van der Waals surface area contributed by atoms with E-state index >= 15 is 0 Å². The summed E-state index contributed by atoms with van der Waals surface area (Å²) < 4.78 is 70.1. The molecule has 2 heterocycles. The number of nitrogens with zero attached hydrogens (tertiary/aromatic N) is 1. The fraction of sp³-hybridized carbons (Fsp3) is 0.259. The molecule has 1 unspecified atom stereocenters. The molecular formula is C27H26F5N4S+. The molecule has 1 aromatic heterocycles. The third-order valence-electron chi connectivity index (χ3n) is 5.79. The summed E-state index contributed by atoms with van der Waals surface area (Å²) in [7, 11) is 0. The van der Waals surface area contributed by atoms with Crippen molar-refractivity contribution in [3.05, 3.63) is 77.4 Å². The first-order chi connectivity index (χ1) is 17.6. The lowest BCUT2D eigenvalue weighted by Crippen LogP contribution is -2.22. The van der Waals surface area contributed by atoms with Crippen LogP contribution < -0.4 is 15.6 Å². The standard InChI is InChI=1S/C27H25F5N4S/c1-4-12-33-23-20(13-16(28)14-22(23)29)15(3)34-25-19-11-10-17(5-2)37-26(19)36-24(35-25)18-8-6-7-9-21(18)27(30,31)32/h6-11,13-14,17,33H,3-5,12H2,1-2H3,(H,34,35,36)/p+1. The second-order valence-electron chi connectivity index (χ2n) is 8.48. The molecule has 1 aliphatic heterocycles. The number of anilines is 2. The highest BCUT2D eigenvalue weighted by Gasteiger charge is 2.37. The topological polar surface area (TPSA) is 51.1 Å². The number of hydrogen-bond acceptors (Lipinski definition) is 4. The van der Waals surface area contributed by atoms with Crippen molar-refractivity contribution >= 4 is 35.0 Å². The van der Waals surface area contributed by atoms with E-state index in [1.165, 1.54) is 30.0 Å². The van der Waals surface area contributed by atoms with Gasteiger partial charge in [-0.2, -0.15) is 13.2 Å². The number of thioether (sulfide) groups is 1. The number of halogens is 5. The third kappa shape index (κ3) is 5.79. The van der Waals surface area contributed by atoms with Crippen molar-refractivity contribution in [1.29, 1.82) is 0 Å². The summed E-state index contributed by atoms with van der Waals surface area (Å²) in [5, 5.41) is 6.71. The van der Waals surface area contributed by atoms with Crippen molar-refractivity contribution in [3.63, 3.8) is 0 Å². The number of benzene rings is 2. The van der Waals surface area contributed by atoms with Crippen molar-refractivity contribution in [1.82, 2.24) is 4.98 Å². The molecule has 1 aliphatic rings. The summed E-state index contributed by atoms with van der Waals surface area (Å²) in [5.41, 5.74) is 0.0519. The molecule has 1 atom stereocenters. The van der Waals surface area contributed by atoms with Crippen LogP contribution in [0.3, 0.4) is 0 Å².